The van der Waals surface area contributed by atoms with Crippen molar-refractivity contribution >= 4 is 33.3 Å². The molecule has 0 saturated heterocycles. The maximum absolute atomic E-state index is 13.0. The lowest BCUT2D eigenvalue weighted by Gasteiger charge is -2.03. The first-order chi connectivity index (χ1) is 8.56. The zero-order valence-electron chi connectivity index (χ0n) is 9.29. The summed E-state index contributed by atoms with van der Waals surface area (Å²) in [6, 6.07) is 11.0. The first-order valence-corrected chi connectivity index (χ1v) is 6.46. The average molecular weight is 328 g/mol. The third-order valence-electron chi connectivity index (χ3n) is 2.50. The number of rotatable bonds is 3. The molecule has 18 heavy (non-hydrogen) atoms. The lowest BCUT2D eigenvalue weighted by molar-refractivity contribution is 0.0993. The van der Waals surface area contributed by atoms with E-state index in [1.54, 1.807) is 30.3 Å². The summed E-state index contributed by atoms with van der Waals surface area (Å²) in [6.45, 7) is 0. The number of halogens is 3. The van der Waals surface area contributed by atoms with Gasteiger partial charge in [-0.25, -0.2) is 4.39 Å². The van der Waals surface area contributed by atoms with Crippen molar-refractivity contribution in [1.82, 2.24) is 0 Å². The van der Waals surface area contributed by atoms with Gasteiger partial charge < -0.3 is 0 Å². The summed E-state index contributed by atoms with van der Waals surface area (Å²) >= 11 is 9.13. The molecule has 0 radical (unpaired) electrons. The maximum atomic E-state index is 13.0. The third kappa shape index (κ3) is 3.18. The van der Waals surface area contributed by atoms with Gasteiger partial charge in [0, 0.05) is 16.5 Å². The molecule has 92 valence electrons. The molecule has 0 aromatic heterocycles. The Bertz CT molecular complexity index is 598. The molecular weight excluding hydrogens is 319 g/mol. The zero-order valence-corrected chi connectivity index (χ0v) is 11.6. The molecule has 0 aliphatic rings. The summed E-state index contributed by atoms with van der Waals surface area (Å²) in [4.78, 5) is 12.0. The van der Waals surface area contributed by atoms with Crippen LogP contribution in [0.5, 0.6) is 0 Å². The van der Waals surface area contributed by atoms with E-state index in [1.165, 1.54) is 12.1 Å². The monoisotopic (exact) mass is 326 g/mol. The molecule has 0 heterocycles. The highest BCUT2D eigenvalue weighted by Gasteiger charge is 2.09. The van der Waals surface area contributed by atoms with E-state index in [0.29, 0.717) is 20.6 Å². The highest BCUT2D eigenvalue weighted by Crippen LogP contribution is 2.24. The Kier molecular flexibility index (Phi) is 4.15. The molecule has 2 rings (SSSR count). The van der Waals surface area contributed by atoms with E-state index < -0.39 is 0 Å². The smallest absolute Gasteiger partial charge is 0.167 e. The number of Topliss-reactive ketones (excluding diaryl/α,β-unsaturated/α-hetero) is 1. The molecule has 0 aliphatic heterocycles. The van der Waals surface area contributed by atoms with E-state index in [4.69, 9.17) is 11.6 Å². The van der Waals surface area contributed by atoms with E-state index >= 15 is 0 Å². The van der Waals surface area contributed by atoms with E-state index in [0.717, 1.165) is 0 Å². The Labute approximate surface area is 118 Å². The predicted molar refractivity (Wildman–Crippen MR) is 73.6 cm³/mol. The van der Waals surface area contributed by atoms with Crippen molar-refractivity contribution in [1.29, 1.82) is 0 Å². The van der Waals surface area contributed by atoms with Crippen molar-refractivity contribution in [2.45, 2.75) is 6.42 Å². The van der Waals surface area contributed by atoms with Gasteiger partial charge in [-0.1, -0.05) is 23.7 Å². The van der Waals surface area contributed by atoms with Gasteiger partial charge in [0.2, 0.25) is 0 Å². The topological polar surface area (TPSA) is 17.1 Å². The Morgan fingerprint density at radius 3 is 2.67 bits per heavy atom. The van der Waals surface area contributed by atoms with E-state index in [2.05, 4.69) is 15.9 Å². The molecule has 0 unspecified atom stereocenters. The quantitative estimate of drug-likeness (QED) is 0.749. The van der Waals surface area contributed by atoms with Gasteiger partial charge in [-0.05, 0) is 51.8 Å². The van der Waals surface area contributed by atoms with Crippen LogP contribution >= 0.6 is 27.5 Å². The molecule has 0 N–H and O–H groups in total. The summed E-state index contributed by atoms with van der Waals surface area (Å²) in [5, 5.41) is 0.553. The average Bonchev–Trinajstić information content (AvgIpc) is 2.32. The minimum Gasteiger partial charge on any atom is -0.294 e. The van der Waals surface area contributed by atoms with Crippen LogP contribution in [-0.2, 0) is 6.42 Å². The van der Waals surface area contributed by atoms with Gasteiger partial charge in [-0.15, -0.1) is 0 Å². The predicted octanol–water partition coefficient (Wildman–Crippen LogP) is 4.67. The highest BCUT2D eigenvalue weighted by atomic mass is 79.9. The van der Waals surface area contributed by atoms with Crippen molar-refractivity contribution in [3.63, 3.8) is 0 Å². The standard InChI is InChI=1S/C14H9BrClFO/c15-12-8-10(4-5-13(12)16)14(18)7-9-2-1-3-11(17)6-9/h1-6,8H,7H2. The summed E-state index contributed by atoms with van der Waals surface area (Å²) in [7, 11) is 0. The Morgan fingerprint density at radius 1 is 1.22 bits per heavy atom. The second kappa shape index (κ2) is 5.63. The molecule has 0 atom stereocenters. The van der Waals surface area contributed by atoms with Gasteiger partial charge >= 0.3 is 0 Å². The van der Waals surface area contributed by atoms with E-state index in [9.17, 15) is 9.18 Å². The minimum absolute atomic E-state index is 0.0713. The van der Waals surface area contributed by atoms with Crippen molar-refractivity contribution in [2.24, 2.45) is 0 Å². The van der Waals surface area contributed by atoms with Gasteiger partial charge in [0.1, 0.15) is 5.82 Å². The fraction of sp³-hybridized carbons (Fsp3) is 0.0714. The SMILES string of the molecule is O=C(Cc1cccc(F)c1)c1ccc(Cl)c(Br)c1. The number of hydrogen-bond acceptors (Lipinski definition) is 1. The van der Waals surface area contributed by atoms with Crippen LogP contribution in [0.25, 0.3) is 0 Å². The molecule has 2 aromatic carbocycles. The van der Waals surface area contributed by atoms with Crippen LogP contribution in [-0.4, -0.2) is 5.78 Å². The third-order valence-corrected chi connectivity index (χ3v) is 3.71. The van der Waals surface area contributed by atoms with Crippen LogP contribution in [0.2, 0.25) is 5.02 Å². The molecule has 1 nitrogen and oxygen atoms in total. The first-order valence-electron chi connectivity index (χ1n) is 5.29. The Morgan fingerprint density at radius 2 is 2.00 bits per heavy atom. The summed E-state index contributed by atoms with van der Waals surface area (Å²) in [5.74, 6) is -0.407. The second-order valence-electron chi connectivity index (χ2n) is 3.86. The molecule has 0 saturated carbocycles. The van der Waals surface area contributed by atoms with Crippen molar-refractivity contribution in [3.05, 3.63) is 68.9 Å². The maximum Gasteiger partial charge on any atom is 0.167 e. The molecule has 4 heteroatoms. The van der Waals surface area contributed by atoms with Crippen molar-refractivity contribution in [2.75, 3.05) is 0 Å². The number of ketones is 1. The summed E-state index contributed by atoms with van der Waals surface area (Å²) in [5.41, 5.74) is 1.21. The van der Waals surface area contributed by atoms with Gasteiger partial charge in [0.05, 0.1) is 5.02 Å². The number of benzene rings is 2. The molecule has 0 amide bonds. The van der Waals surface area contributed by atoms with Gasteiger partial charge in [-0.3, -0.25) is 4.79 Å². The lowest BCUT2D eigenvalue weighted by Crippen LogP contribution is -2.03. The van der Waals surface area contributed by atoms with Crippen LogP contribution < -0.4 is 0 Å². The molecule has 2 aromatic rings. The molecule has 0 fully saturated rings. The second-order valence-corrected chi connectivity index (χ2v) is 5.12. The Balaban J connectivity index is 2.19. The van der Waals surface area contributed by atoms with Crippen LogP contribution in [0.15, 0.2) is 46.9 Å². The summed E-state index contributed by atoms with van der Waals surface area (Å²) < 4.78 is 13.7. The molecule has 0 aliphatic carbocycles. The molecular formula is C14H9BrClFO. The van der Waals surface area contributed by atoms with Gasteiger partial charge in [0.15, 0.2) is 5.78 Å². The Hall–Kier alpha value is -1.19. The number of carbonyl (C=O) groups excluding carboxylic acids is 1. The first kappa shape index (κ1) is 13.2. The van der Waals surface area contributed by atoms with E-state index in [1.807, 2.05) is 0 Å². The number of hydrogen-bond donors (Lipinski definition) is 0. The van der Waals surface area contributed by atoms with Crippen LogP contribution in [0.4, 0.5) is 4.39 Å². The van der Waals surface area contributed by atoms with Gasteiger partial charge in [0.25, 0.3) is 0 Å². The van der Waals surface area contributed by atoms with Crippen molar-refractivity contribution in [3.8, 4) is 0 Å². The van der Waals surface area contributed by atoms with Crippen LogP contribution in [0.1, 0.15) is 15.9 Å². The van der Waals surface area contributed by atoms with Crippen LogP contribution in [0, 0.1) is 5.82 Å². The normalized spacial score (nSPS) is 10.4. The summed E-state index contributed by atoms with van der Waals surface area (Å²) in [6.07, 6.45) is 0.172. The zero-order chi connectivity index (χ0) is 13.1. The lowest BCUT2D eigenvalue weighted by atomic mass is 10.0. The van der Waals surface area contributed by atoms with E-state index in [-0.39, 0.29) is 18.0 Å². The minimum atomic E-state index is -0.336. The highest BCUT2D eigenvalue weighted by molar-refractivity contribution is 9.10. The number of carbonyl (C=O) groups is 1. The molecule has 0 spiro atoms. The molecule has 0 bridgehead atoms. The van der Waals surface area contributed by atoms with Crippen LogP contribution in [0.3, 0.4) is 0 Å². The fourth-order valence-corrected chi connectivity index (χ4v) is 2.10. The van der Waals surface area contributed by atoms with Crippen molar-refractivity contribution < 1.29 is 9.18 Å². The fourth-order valence-electron chi connectivity index (χ4n) is 1.60. The van der Waals surface area contributed by atoms with Gasteiger partial charge in [-0.2, -0.15) is 0 Å². The largest absolute Gasteiger partial charge is 0.294 e.